The number of para-hydroxylation sites is 2. The van der Waals surface area contributed by atoms with E-state index in [1.807, 2.05) is 24.3 Å². The molecule has 1 heterocycles. The SMILES string of the molecule is O=C(O)CCCC=CC[C@H]1[C@@H](O)CC(=O)[C@@H]1C=CC(O)c1nc2ccccc2o1. The number of oxazole rings is 1. The molecule has 4 atom stereocenters. The van der Waals surface area contributed by atoms with Crippen LogP contribution in [0.5, 0.6) is 0 Å². The number of carboxylic acids is 1. The zero-order valence-electron chi connectivity index (χ0n) is 16.0. The second-order valence-electron chi connectivity index (χ2n) is 7.27. The maximum absolute atomic E-state index is 12.3. The monoisotopic (exact) mass is 399 g/mol. The number of aliphatic hydroxyl groups excluding tert-OH is 2. The van der Waals surface area contributed by atoms with E-state index in [1.165, 1.54) is 6.08 Å². The first-order chi connectivity index (χ1) is 14.0. The second kappa shape index (κ2) is 9.62. The minimum Gasteiger partial charge on any atom is -0.481 e. The van der Waals surface area contributed by atoms with Crippen molar-refractivity contribution in [3.8, 4) is 0 Å². The molecule has 0 saturated heterocycles. The van der Waals surface area contributed by atoms with Gasteiger partial charge in [-0.25, -0.2) is 4.98 Å². The number of aromatic nitrogens is 1. The fourth-order valence-electron chi connectivity index (χ4n) is 3.59. The number of Topliss-reactive ketones (excluding diaryl/α,β-unsaturated/α-hetero) is 1. The first-order valence-electron chi connectivity index (χ1n) is 9.75. The number of aliphatic carboxylic acids is 1. The zero-order chi connectivity index (χ0) is 20.8. The molecular formula is C22H25NO6. The van der Waals surface area contributed by atoms with E-state index in [-0.39, 0.29) is 30.4 Å². The number of ketones is 1. The Balaban J connectivity index is 1.61. The van der Waals surface area contributed by atoms with E-state index in [0.717, 1.165) is 0 Å². The zero-order valence-corrected chi connectivity index (χ0v) is 16.0. The molecular weight excluding hydrogens is 374 g/mol. The topological polar surface area (TPSA) is 121 Å². The number of hydrogen-bond acceptors (Lipinski definition) is 6. The predicted octanol–water partition coefficient (Wildman–Crippen LogP) is 3.18. The van der Waals surface area contributed by atoms with E-state index < -0.39 is 24.1 Å². The van der Waals surface area contributed by atoms with Gasteiger partial charge in [0.2, 0.25) is 5.89 Å². The summed E-state index contributed by atoms with van der Waals surface area (Å²) in [6.45, 7) is 0. The molecule has 1 fully saturated rings. The van der Waals surface area contributed by atoms with Crippen molar-refractivity contribution >= 4 is 22.9 Å². The molecule has 7 nitrogen and oxygen atoms in total. The molecule has 0 spiro atoms. The van der Waals surface area contributed by atoms with Crippen molar-refractivity contribution in [2.75, 3.05) is 0 Å². The van der Waals surface area contributed by atoms with Crippen LogP contribution in [0.1, 0.15) is 44.1 Å². The molecule has 0 aliphatic heterocycles. The summed E-state index contributed by atoms with van der Waals surface area (Å²) in [7, 11) is 0. The lowest BCUT2D eigenvalue weighted by Gasteiger charge is -2.16. The lowest BCUT2D eigenvalue weighted by atomic mass is 9.90. The first-order valence-corrected chi connectivity index (χ1v) is 9.75. The standard InChI is InChI=1S/C22H25NO6/c24-17(22-23-16-8-5-6-9-20(16)29-22)12-11-15-14(18(25)13-19(15)26)7-3-1-2-4-10-21(27)28/h1,3,5-6,8-9,11-12,14-15,17-18,24-25H,2,4,7,10,13H2,(H,27,28)/t14-,15-,17?,18+/m1/s1. The van der Waals surface area contributed by atoms with Gasteiger partial charge < -0.3 is 19.7 Å². The first kappa shape index (κ1) is 21.0. The van der Waals surface area contributed by atoms with Crippen LogP contribution in [-0.2, 0) is 9.59 Å². The molecule has 3 rings (SSSR count). The van der Waals surface area contributed by atoms with Crippen molar-refractivity contribution in [1.82, 2.24) is 4.98 Å². The average Bonchev–Trinajstić information content (AvgIpc) is 3.23. The van der Waals surface area contributed by atoms with Crippen molar-refractivity contribution in [2.24, 2.45) is 11.8 Å². The number of nitrogens with zero attached hydrogens (tertiary/aromatic N) is 1. The van der Waals surface area contributed by atoms with E-state index in [1.54, 1.807) is 18.2 Å². The van der Waals surface area contributed by atoms with Crippen molar-refractivity contribution in [2.45, 2.75) is 44.3 Å². The van der Waals surface area contributed by atoms with E-state index in [0.29, 0.717) is 30.4 Å². The predicted molar refractivity (Wildman–Crippen MR) is 106 cm³/mol. The summed E-state index contributed by atoms with van der Waals surface area (Å²) in [6, 6.07) is 7.19. The number of benzene rings is 1. The quantitative estimate of drug-likeness (QED) is 0.437. The minimum atomic E-state index is -1.08. The van der Waals surface area contributed by atoms with Gasteiger partial charge in [-0.1, -0.05) is 36.4 Å². The Kier molecular flexibility index (Phi) is 6.95. The highest BCUT2D eigenvalue weighted by Gasteiger charge is 2.39. The van der Waals surface area contributed by atoms with E-state index in [4.69, 9.17) is 9.52 Å². The summed E-state index contributed by atoms with van der Waals surface area (Å²) in [5.74, 6) is -1.50. The number of carbonyl (C=O) groups is 2. The number of allylic oxidation sites excluding steroid dienone is 3. The summed E-state index contributed by atoms with van der Waals surface area (Å²) in [5, 5.41) is 29.2. The highest BCUT2D eigenvalue weighted by molar-refractivity contribution is 5.86. The Morgan fingerprint density at radius 1 is 1.31 bits per heavy atom. The number of unbranched alkanes of at least 4 members (excludes halogenated alkanes) is 1. The molecule has 1 saturated carbocycles. The van der Waals surface area contributed by atoms with E-state index in [2.05, 4.69) is 4.98 Å². The largest absolute Gasteiger partial charge is 0.481 e. The molecule has 1 aromatic heterocycles. The fraction of sp³-hybridized carbons (Fsp3) is 0.409. The highest BCUT2D eigenvalue weighted by atomic mass is 16.4. The molecule has 154 valence electrons. The van der Waals surface area contributed by atoms with Gasteiger partial charge in [0, 0.05) is 24.7 Å². The van der Waals surface area contributed by atoms with Gasteiger partial charge in [0.1, 0.15) is 17.4 Å². The van der Waals surface area contributed by atoms with Gasteiger partial charge in [-0.2, -0.15) is 0 Å². The second-order valence-corrected chi connectivity index (χ2v) is 7.27. The van der Waals surface area contributed by atoms with Crippen LogP contribution in [0.4, 0.5) is 0 Å². The third-order valence-corrected chi connectivity index (χ3v) is 5.14. The molecule has 2 aromatic rings. The fourth-order valence-corrected chi connectivity index (χ4v) is 3.59. The molecule has 0 radical (unpaired) electrons. The van der Waals surface area contributed by atoms with E-state index >= 15 is 0 Å². The van der Waals surface area contributed by atoms with Crippen molar-refractivity contribution in [3.63, 3.8) is 0 Å². The molecule has 0 bridgehead atoms. The van der Waals surface area contributed by atoms with Crippen LogP contribution < -0.4 is 0 Å². The number of carboxylic acid groups (broad SMARTS) is 1. The van der Waals surface area contributed by atoms with Gasteiger partial charge in [-0.15, -0.1) is 0 Å². The van der Waals surface area contributed by atoms with Crippen LogP contribution >= 0.6 is 0 Å². The van der Waals surface area contributed by atoms with Crippen molar-refractivity contribution in [1.29, 1.82) is 0 Å². The lowest BCUT2D eigenvalue weighted by molar-refractivity contribution is -0.137. The van der Waals surface area contributed by atoms with Crippen LogP contribution in [0.25, 0.3) is 11.1 Å². The summed E-state index contributed by atoms with van der Waals surface area (Å²) in [5.41, 5.74) is 1.22. The molecule has 3 N–H and O–H groups in total. The number of aliphatic hydroxyl groups is 2. The number of fused-ring (bicyclic) bond motifs is 1. The van der Waals surface area contributed by atoms with Gasteiger partial charge in [0.05, 0.1) is 6.10 Å². The molecule has 1 aliphatic carbocycles. The number of rotatable bonds is 9. The van der Waals surface area contributed by atoms with E-state index in [9.17, 15) is 19.8 Å². The normalized spacial score (nSPS) is 23.5. The van der Waals surface area contributed by atoms with Crippen LogP contribution in [-0.4, -0.2) is 38.2 Å². The Morgan fingerprint density at radius 2 is 2.10 bits per heavy atom. The lowest BCUT2D eigenvalue weighted by Crippen LogP contribution is -2.18. The van der Waals surface area contributed by atoms with Gasteiger partial charge in [0.15, 0.2) is 5.58 Å². The maximum atomic E-state index is 12.3. The van der Waals surface area contributed by atoms with Crippen LogP contribution in [0.15, 0.2) is 53.0 Å². The number of carbonyl (C=O) groups excluding carboxylic acids is 1. The Bertz CT molecular complexity index is 882. The molecule has 7 heteroatoms. The smallest absolute Gasteiger partial charge is 0.303 e. The molecule has 1 aromatic carbocycles. The minimum absolute atomic E-state index is 0.0669. The average molecular weight is 399 g/mol. The van der Waals surface area contributed by atoms with Gasteiger partial charge in [0.25, 0.3) is 0 Å². The molecule has 1 aliphatic rings. The number of hydrogen-bond donors (Lipinski definition) is 3. The van der Waals surface area contributed by atoms with Crippen molar-refractivity contribution in [3.05, 3.63) is 54.5 Å². The Labute approximate surface area is 168 Å². The Hall–Kier alpha value is -2.77. The summed E-state index contributed by atoms with van der Waals surface area (Å²) in [6.07, 6.45) is 6.96. The molecule has 1 unspecified atom stereocenters. The summed E-state index contributed by atoms with van der Waals surface area (Å²) >= 11 is 0. The molecule has 29 heavy (non-hydrogen) atoms. The van der Waals surface area contributed by atoms with Crippen LogP contribution in [0.3, 0.4) is 0 Å². The molecule has 0 amide bonds. The van der Waals surface area contributed by atoms with Gasteiger partial charge in [-0.05, 0) is 31.4 Å². The highest BCUT2D eigenvalue weighted by Crippen LogP contribution is 2.34. The van der Waals surface area contributed by atoms with Crippen molar-refractivity contribution < 1.29 is 29.3 Å². The third kappa shape index (κ3) is 5.40. The maximum Gasteiger partial charge on any atom is 0.303 e. The third-order valence-electron chi connectivity index (χ3n) is 5.14. The van der Waals surface area contributed by atoms with Crippen LogP contribution in [0.2, 0.25) is 0 Å². The summed E-state index contributed by atoms with van der Waals surface area (Å²) < 4.78 is 5.54. The van der Waals surface area contributed by atoms with Crippen LogP contribution in [0, 0.1) is 11.8 Å². The van der Waals surface area contributed by atoms with Gasteiger partial charge >= 0.3 is 5.97 Å². The Morgan fingerprint density at radius 3 is 2.86 bits per heavy atom. The summed E-state index contributed by atoms with van der Waals surface area (Å²) in [4.78, 5) is 27.0. The van der Waals surface area contributed by atoms with Gasteiger partial charge in [-0.3, -0.25) is 9.59 Å².